The summed E-state index contributed by atoms with van der Waals surface area (Å²) in [6, 6.07) is 0.523. The summed E-state index contributed by atoms with van der Waals surface area (Å²) in [5.41, 5.74) is 0. The van der Waals surface area contributed by atoms with E-state index in [-0.39, 0.29) is 10.7 Å². The van der Waals surface area contributed by atoms with Gasteiger partial charge in [-0.3, -0.25) is 0 Å². The molecule has 1 atom stereocenters. The molecule has 2 N–H and O–H groups in total. The van der Waals surface area contributed by atoms with Crippen LogP contribution in [0.4, 0.5) is 11.6 Å². The Balaban J connectivity index is 1.70. The van der Waals surface area contributed by atoms with Crippen molar-refractivity contribution in [3.63, 3.8) is 0 Å². The van der Waals surface area contributed by atoms with E-state index in [1.807, 2.05) is 0 Å². The monoisotopic (exact) mass is 281 g/mol. The van der Waals surface area contributed by atoms with Gasteiger partial charge in [0.25, 0.3) is 4.96 Å². The Bertz CT molecular complexity index is 587. The fourth-order valence-corrected chi connectivity index (χ4v) is 3.14. The third kappa shape index (κ3) is 2.41. The molecule has 2 aromatic heterocycles. The predicted molar refractivity (Wildman–Crippen MR) is 73.9 cm³/mol. The number of thiazole rings is 1. The first-order valence-corrected chi connectivity index (χ1v) is 7.21. The minimum Gasteiger partial charge on any atom is -0.363 e. The highest BCUT2D eigenvalue weighted by Crippen LogP contribution is 2.27. The maximum absolute atomic E-state index is 11.1. The topological polar surface area (TPSA) is 84.5 Å². The first-order chi connectivity index (χ1) is 9.25. The molecule has 1 fully saturated rings. The number of anilines is 1. The van der Waals surface area contributed by atoms with Crippen LogP contribution in [0.3, 0.4) is 0 Å². The first kappa shape index (κ1) is 12.4. The quantitative estimate of drug-likeness (QED) is 0.645. The van der Waals surface area contributed by atoms with Gasteiger partial charge in [0.05, 0.1) is 0 Å². The Hall–Kier alpha value is -1.67. The van der Waals surface area contributed by atoms with Gasteiger partial charge < -0.3 is 20.7 Å². The zero-order valence-electron chi connectivity index (χ0n) is 10.3. The van der Waals surface area contributed by atoms with Crippen molar-refractivity contribution in [2.24, 2.45) is 0 Å². The van der Waals surface area contributed by atoms with Crippen molar-refractivity contribution in [3.05, 3.63) is 21.7 Å². The summed E-state index contributed by atoms with van der Waals surface area (Å²) in [6.07, 6.45) is 5.03. The van der Waals surface area contributed by atoms with Crippen LogP contribution in [0.5, 0.6) is 0 Å². The second kappa shape index (κ2) is 5.14. The van der Waals surface area contributed by atoms with Crippen LogP contribution >= 0.6 is 11.3 Å². The number of rotatable bonds is 5. The van der Waals surface area contributed by atoms with E-state index in [0.717, 1.165) is 13.0 Å². The molecular formula is C11H15N5O2S. The van der Waals surface area contributed by atoms with E-state index in [2.05, 4.69) is 15.6 Å². The maximum atomic E-state index is 11.1. The van der Waals surface area contributed by atoms with E-state index in [0.29, 0.717) is 23.4 Å². The molecule has 0 radical (unpaired) electrons. The van der Waals surface area contributed by atoms with Crippen molar-refractivity contribution in [2.75, 3.05) is 18.4 Å². The molecule has 3 heterocycles. The molecule has 0 aromatic carbocycles. The highest BCUT2D eigenvalue weighted by atomic mass is 32.1. The van der Waals surface area contributed by atoms with E-state index in [9.17, 15) is 10.1 Å². The van der Waals surface area contributed by atoms with Crippen LogP contribution in [0, 0.1) is 10.1 Å². The second-order valence-corrected chi connectivity index (χ2v) is 5.48. The Kier molecular flexibility index (Phi) is 3.34. The molecule has 0 aliphatic carbocycles. The van der Waals surface area contributed by atoms with Crippen LogP contribution in [0.25, 0.3) is 4.96 Å². The summed E-state index contributed by atoms with van der Waals surface area (Å²) in [4.78, 5) is 15.6. The normalized spacial score (nSPS) is 19.1. The van der Waals surface area contributed by atoms with Crippen molar-refractivity contribution in [1.29, 1.82) is 0 Å². The molecule has 0 bridgehead atoms. The molecule has 0 amide bonds. The fraction of sp³-hybridized carbons (Fsp3) is 0.545. The van der Waals surface area contributed by atoms with Gasteiger partial charge in [-0.25, -0.2) is 0 Å². The molecule has 1 aliphatic heterocycles. The molecule has 0 spiro atoms. The van der Waals surface area contributed by atoms with Crippen molar-refractivity contribution >= 4 is 27.9 Å². The van der Waals surface area contributed by atoms with Crippen molar-refractivity contribution < 1.29 is 4.92 Å². The van der Waals surface area contributed by atoms with E-state index in [1.54, 1.807) is 11.6 Å². The van der Waals surface area contributed by atoms with Crippen LogP contribution in [-0.4, -0.2) is 33.4 Å². The third-order valence-corrected chi connectivity index (χ3v) is 4.11. The van der Waals surface area contributed by atoms with E-state index < -0.39 is 0 Å². The summed E-state index contributed by atoms with van der Waals surface area (Å²) in [5, 5.41) is 19.4. The van der Waals surface area contributed by atoms with Gasteiger partial charge in [0.15, 0.2) is 0 Å². The van der Waals surface area contributed by atoms with Crippen LogP contribution in [0.15, 0.2) is 11.6 Å². The standard InChI is InChI=1S/C11H15N5O2S/c17-16(18)10-9(14-11-15(10)6-7-19-11)13-5-3-8-2-1-4-12-8/h6-8,12-13H,1-5H2/t8-/m1/s1. The van der Waals surface area contributed by atoms with Gasteiger partial charge in [0, 0.05) is 18.0 Å². The summed E-state index contributed by atoms with van der Waals surface area (Å²) >= 11 is 1.39. The van der Waals surface area contributed by atoms with Crippen molar-refractivity contribution in [3.8, 4) is 0 Å². The zero-order chi connectivity index (χ0) is 13.2. The fourth-order valence-electron chi connectivity index (χ4n) is 2.43. The average Bonchev–Trinajstić information content (AvgIpc) is 3.02. The van der Waals surface area contributed by atoms with Gasteiger partial charge in [-0.15, -0.1) is 0 Å². The Morgan fingerprint density at radius 2 is 2.58 bits per heavy atom. The molecule has 3 rings (SSSR count). The smallest absolute Gasteiger partial charge is 0.363 e. The number of hydrogen-bond acceptors (Lipinski definition) is 6. The lowest BCUT2D eigenvalue weighted by molar-refractivity contribution is -0.389. The van der Waals surface area contributed by atoms with Crippen LogP contribution in [0.1, 0.15) is 19.3 Å². The number of hydrogen-bond donors (Lipinski definition) is 2. The minimum absolute atomic E-state index is 0.0237. The SMILES string of the molecule is O=[N+]([O-])c1c(NCC[C@H]2CCCN2)nc2sccn12. The van der Waals surface area contributed by atoms with E-state index >= 15 is 0 Å². The summed E-state index contributed by atoms with van der Waals surface area (Å²) in [6.45, 7) is 1.77. The van der Waals surface area contributed by atoms with Gasteiger partial charge in [-0.2, -0.15) is 9.38 Å². The molecule has 2 aromatic rings. The lowest BCUT2D eigenvalue weighted by atomic mass is 10.1. The summed E-state index contributed by atoms with van der Waals surface area (Å²) in [5.74, 6) is 0.394. The Labute approximate surface area is 113 Å². The molecule has 102 valence electrons. The van der Waals surface area contributed by atoms with Crippen LogP contribution in [-0.2, 0) is 0 Å². The molecule has 0 unspecified atom stereocenters. The predicted octanol–water partition coefficient (Wildman–Crippen LogP) is 1.86. The molecule has 8 heteroatoms. The number of fused-ring (bicyclic) bond motifs is 1. The summed E-state index contributed by atoms with van der Waals surface area (Å²) < 4.78 is 1.51. The largest absolute Gasteiger partial charge is 0.372 e. The highest BCUT2D eigenvalue weighted by Gasteiger charge is 2.23. The maximum Gasteiger partial charge on any atom is 0.372 e. The van der Waals surface area contributed by atoms with Gasteiger partial charge in [-0.1, -0.05) is 11.3 Å². The second-order valence-electron chi connectivity index (χ2n) is 4.61. The first-order valence-electron chi connectivity index (χ1n) is 6.33. The minimum atomic E-state index is -0.386. The Morgan fingerprint density at radius 3 is 3.32 bits per heavy atom. The van der Waals surface area contributed by atoms with Crippen molar-refractivity contribution in [2.45, 2.75) is 25.3 Å². The number of nitro groups is 1. The summed E-state index contributed by atoms with van der Waals surface area (Å²) in [7, 11) is 0. The van der Waals surface area contributed by atoms with Gasteiger partial charge in [-0.05, 0) is 30.7 Å². The third-order valence-electron chi connectivity index (χ3n) is 3.36. The van der Waals surface area contributed by atoms with Crippen LogP contribution < -0.4 is 10.6 Å². The molecule has 1 saturated heterocycles. The van der Waals surface area contributed by atoms with E-state index in [4.69, 9.17) is 0 Å². The Morgan fingerprint density at radius 1 is 1.68 bits per heavy atom. The molecule has 0 saturated carbocycles. The van der Waals surface area contributed by atoms with Crippen molar-refractivity contribution in [1.82, 2.24) is 14.7 Å². The number of nitrogens with one attached hydrogen (secondary N) is 2. The number of nitrogens with zero attached hydrogens (tertiary/aromatic N) is 3. The van der Waals surface area contributed by atoms with E-state index in [1.165, 1.54) is 28.6 Å². The van der Waals surface area contributed by atoms with Crippen LogP contribution in [0.2, 0.25) is 0 Å². The van der Waals surface area contributed by atoms with Gasteiger partial charge in [0.2, 0.25) is 5.82 Å². The molecule has 19 heavy (non-hydrogen) atoms. The number of aromatic nitrogens is 2. The lowest BCUT2D eigenvalue weighted by Crippen LogP contribution is -2.24. The molecule has 7 nitrogen and oxygen atoms in total. The molecule has 1 aliphatic rings. The number of imidazole rings is 1. The van der Waals surface area contributed by atoms with Gasteiger partial charge >= 0.3 is 5.82 Å². The van der Waals surface area contributed by atoms with Gasteiger partial charge in [0.1, 0.15) is 6.20 Å². The molecular weight excluding hydrogens is 266 g/mol. The average molecular weight is 281 g/mol. The highest BCUT2D eigenvalue weighted by molar-refractivity contribution is 7.15. The lowest BCUT2D eigenvalue weighted by Gasteiger charge is -2.09. The zero-order valence-corrected chi connectivity index (χ0v) is 11.2.